The fraction of sp³-hybridized carbons (Fsp3) is 0.306. The lowest BCUT2D eigenvalue weighted by Crippen LogP contribution is -2.35. The first-order valence-corrected chi connectivity index (χ1v) is 14.8. The molecule has 1 aliphatic rings. The number of hydrogen-bond acceptors (Lipinski definition) is 6. The highest BCUT2D eigenvalue weighted by Crippen LogP contribution is 2.37. The molecule has 4 aromatic rings. The van der Waals surface area contributed by atoms with Crippen molar-refractivity contribution in [1.82, 2.24) is 10.2 Å². The highest BCUT2D eigenvalue weighted by atomic mass is 19.1. The van der Waals surface area contributed by atoms with Gasteiger partial charge in [-0.25, -0.2) is 4.39 Å². The predicted octanol–water partition coefficient (Wildman–Crippen LogP) is 6.63. The number of hydrogen-bond donors (Lipinski definition) is 1. The van der Waals surface area contributed by atoms with E-state index in [4.69, 9.17) is 18.9 Å². The highest BCUT2D eigenvalue weighted by molar-refractivity contribution is 5.96. The normalized spacial score (nSPS) is 13.8. The van der Waals surface area contributed by atoms with Gasteiger partial charge in [-0.2, -0.15) is 0 Å². The molecule has 230 valence electrons. The lowest BCUT2D eigenvalue weighted by molar-refractivity contribution is 0.0954. The number of halogens is 1. The van der Waals surface area contributed by atoms with Crippen LogP contribution >= 0.6 is 0 Å². The summed E-state index contributed by atoms with van der Waals surface area (Å²) in [7, 11) is 6.95. The van der Waals surface area contributed by atoms with Gasteiger partial charge in [-0.3, -0.25) is 4.79 Å². The van der Waals surface area contributed by atoms with Gasteiger partial charge < -0.3 is 29.2 Å². The second kappa shape index (κ2) is 14.3. The van der Waals surface area contributed by atoms with Gasteiger partial charge in [0.2, 0.25) is 0 Å². The third-order valence-corrected chi connectivity index (χ3v) is 8.01. The molecule has 4 aromatic carbocycles. The smallest absolute Gasteiger partial charge is 0.251 e. The maximum atomic E-state index is 14.3. The maximum absolute atomic E-state index is 14.3. The second-order valence-electron chi connectivity index (χ2n) is 10.9. The Morgan fingerprint density at radius 2 is 1.55 bits per heavy atom. The fourth-order valence-electron chi connectivity index (χ4n) is 5.61. The van der Waals surface area contributed by atoms with Gasteiger partial charge in [0, 0.05) is 42.4 Å². The number of carbonyl (C=O) groups is 1. The summed E-state index contributed by atoms with van der Waals surface area (Å²) in [5.74, 6) is 2.14. The Balaban J connectivity index is 1.37. The summed E-state index contributed by atoms with van der Waals surface area (Å²) in [5, 5.41) is 3.04. The average molecular weight is 599 g/mol. The molecule has 8 heteroatoms. The molecule has 0 radical (unpaired) electrons. The first-order chi connectivity index (χ1) is 21.4. The van der Waals surface area contributed by atoms with Gasteiger partial charge in [0.05, 0.1) is 21.3 Å². The summed E-state index contributed by atoms with van der Waals surface area (Å²) in [6.07, 6.45) is 2.45. The van der Waals surface area contributed by atoms with E-state index < -0.39 is 0 Å². The van der Waals surface area contributed by atoms with Crippen LogP contribution in [-0.2, 0) is 6.42 Å². The van der Waals surface area contributed by atoms with Crippen LogP contribution in [0.4, 0.5) is 4.39 Å². The van der Waals surface area contributed by atoms with E-state index in [0.29, 0.717) is 41.5 Å². The van der Waals surface area contributed by atoms with Gasteiger partial charge in [0.25, 0.3) is 5.91 Å². The Labute approximate surface area is 258 Å². The fourth-order valence-corrected chi connectivity index (χ4v) is 5.61. The molecule has 0 unspecified atom stereocenters. The third kappa shape index (κ3) is 7.32. The number of amides is 1. The number of methoxy groups -OCH3 is 3. The van der Waals surface area contributed by atoms with E-state index in [1.165, 1.54) is 12.1 Å². The Morgan fingerprint density at radius 1 is 0.818 bits per heavy atom. The number of rotatable bonds is 11. The average Bonchev–Trinajstić information content (AvgIpc) is 3.05. The topological polar surface area (TPSA) is 69.3 Å². The van der Waals surface area contributed by atoms with Gasteiger partial charge in [0.1, 0.15) is 34.9 Å². The van der Waals surface area contributed by atoms with Crippen LogP contribution in [-0.4, -0.2) is 64.9 Å². The van der Waals surface area contributed by atoms with Crippen LogP contribution in [0.2, 0.25) is 0 Å². The Hall–Kier alpha value is -4.56. The summed E-state index contributed by atoms with van der Waals surface area (Å²) >= 11 is 0. The van der Waals surface area contributed by atoms with Crippen molar-refractivity contribution < 1.29 is 28.1 Å². The molecule has 0 bridgehead atoms. The lowest BCUT2D eigenvalue weighted by Gasteiger charge is -2.29. The Morgan fingerprint density at radius 3 is 2.25 bits per heavy atom. The van der Waals surface area contributed by atoms with Gasteiger partial charge in [-0.05, 0) is 91.5 Å². The summed E-state index contributed by atoms with van der Waals surface area (Å²) in [6, 6.07) is 23.3. The zero-order chi connectivity index (χ0) is 31.1. The minimum Gasteiger partial charge on any atom is -0.497 e. The van der Waals surface area contributed by atoms with Gasteiger partial charge >= 0.3 is 0 Å². The number of ether oxygens (including phenoxy) is 4. The molecule has 0 atom stereocenters. The van der Waals surface area contributed by atoms with Crippen LogP contribution in [0.1, 0.15) is 28.8 Å². The number of carbonyl (C=O) groups excluding carboxylic acids is 1. The molecule has 0 saturated carbocycles. The predicted molar refractivity (Wildman–Crippen MR) is 171 cm³/mol. The van der Waals surface area contributed by atoms with Crippen molar-refractivity contribution in [1.29, 1.82) is 0 Å². The zero-order valence-corrected chi connectivity index (χ0v) is 25.7. The van der Waals surface area contributed by atoms with E-state index in [-0.39, 0.29) is 17.8 Å². The molecule has 44 heavy (non-hydrogen) atoms. The first-order valence-electron chi connectivity index (χ1n) is 14.8. The second-order valence-corrected chi connectivity index (χ2v) is 10.9. The summed E-state index contributed by atoms with van der Waals surface area (Å²) in [6.45, 7) is 2.30. The molecule has 0 spiro atoms. The largest absolute Gasteiger partial charge is 0.497 e. The van der Waals surface area contributed by atoms with Crippen molar-refractivity contribution in [2.45, 2.75) is 25.4 Å². The molecule has 1 amide bonds. The number of benzene rings is 4. The first kappa shape index (κ1) is 30.9. The van der Waals surface area contributed by atoms with Gasteiger partial charge in [-0.1, -0.05) is 24.3 Å². The Bertz CT molecular complexity index is 1600. The SMILES string of the molecule is COc1cccc(-c2cc(C(=O)NCCc3c(OC)cc(OC4CCN(C)CC4)cc3-c3cccc(F)c3)ccc2OC)c1. The molecule has 0 aliphatic carbocycles. The molecule has 1 saturated heterocycles. The van der Waals surface area contributed by atoms with Crippen LogP contribution in [0, 0.1) is 5.82 Å². The molecule has 0 aromatic heterocycles. The van der Waals surface area contributed by atoms with Crippen molar-refractivity contribution in [3.05, 3.63) is 95.8 Å². The number of nitrogens with zero attached hydrogens (tertiary/aromatic N) is 1. The van der Waals surface area contributed by atoms with Gasteiger partial charge in [-0.15, -0.1) is 0 Å². The van der Waals surface area contributed by atoms with E-state index in [9.17, 15) is 9.18 Å². The van der Waals surface area contributed by atoms with Crippen LogP contribution < -0.4 is 24.3 Å². The van der Waals surface area contributed by atoms with Crippen LogP contribution in [0.5, 0.6) is 23.0 Å². The number of likely N-dealkylation sites (tertiary alicyclic amines) is 1. The highest BCUT2D eigenvalue weighted by Gasteiger charge is 2.21. The van der Waals surface area contributed by atoms with E-state index >= 15 is 0 Å². The van der Waals surface area contributed by atoms with Gasteiger partial charge in [0.15, 0.2) is 0 Å². The van der Waals surface area contributed by atoms with E-state index in [2.05, 4.69) is 17.3 Å². The van der Waals surface area contributed by atoms with Crippen LogP contribution in [0.15, 0.2) is 78.9 Å². The van der Waals surface area contributed by atoms with Crippen LogP contribution in [0.25, 0.3) is 22.3 Å². The van der Waals surface area contributed by atoms with E-state index in [1.54, 1.807) is 39.5 Å². The number of piperidine rings is 1. The van der Waals surface area contributed by atoms with Crippen molar-refractivity contribution in [3.8, 4) is 45.3 Å². The molecule has 1 N–H and O–H groups in total. The van der Waals surface area contributed by atoms with Crippen molar-refractivity contribution >= 4 is 5.91 Å². The monoisotopic (exact) mass is 598 g/mol. The molecule has 1 aliphatic heterocycles. The Kier molecular flexibility index (Phi) is 10.0. The third-order valence-electron chi connectivity index (χ3n) is 8.01. The van der Waals surface area contributed by atoms with E-state index in [0.717, 1.165) is 53.7 Å². The minimum atomic E-state index is -0.325. The quantitative estimate of drug-likeness (QED) is 0.209. The minimum absolute atomic E-state index is 0.104. The van der Waals surface area contributed by atoms with E-state index in [1.807, 2.05) is 48.5 Å². The molecule has 5 rings (SSSR count). The van der Waals surface area contributed by atoms with Crippen LogP contribution in [0.3, 0.4) is 0 Å². The molecule has 1 heterocycles. The maximum Gasteiger partial charge on any atom is 0.251 e. The number of nitrogens with one attached hydrogen (secondary N) is 1. The standard InChI is InChI=1S/C36H39FN2O5/c1-39-17-14-28(15-18-39)44-30-22-32(24-7-5-9-27(37)19-24)31(35(23-30)43-4)13-16-38-36(40)26-11-12-34(42-3)33(21-26)25-8-6-10-29(20-25)41-2/h5-12,19-23,28H,13-18H2,1-4H3,(H,38,40). The van der Waals surface area contributed by atoms with Crippen molar-refractivity contribution in [3.63, 3.8) is 0 Å². The summed E-state index contributed by atoms with van der Waals surface area (Å²) < 4.78 is 37.5. The molecular weight excluding hydrogens is 559 g/mol. The van der Waals surface area contributed by atoms with Crippen molar-refractivity contribution in [2.24, 2.45) is 0 Å². The molecule has 7 nitrogen and oxygen atoms in total. The summed E-state index contributed by atoms with van der Waals surface area (Å²) in [5.41, 5.74) is 4.56. The van der Waals surface area contributed by atoms with Crippen molar-refractivity contribution in [2.75, 3.05) is 48.0 Å². The summed E-state index contributed by atoms with van der Waals surface area (Å²) in [4.78, 5) is 15.6. The molecule has 1 fully saturated rings. The lowest BCUT2D eigenvalue weighted by atomic mass is 9.95. The zero-order valence-electron chi connectivity index (χ0n) is 25.7. The molecular formula is C36H39FN2O5.